The molecular weight excluding hydrogens is 232 g/mol. The molecular formula is C13H24N2O3. The summed E-state index contributed by atoms with van der Waals surface area (Å²) in [5.74, 6) is -0.841. The SMILES string of the molecule is C=CCN(CCC)C(=O)NCC(CC)CC(=O)O. The number of urea groups is 1. The molecule has 0 saturated heterocycles. The van der Waals surface area contributed by atoms with E-state index in [1.165, 1.54) is 0 Å². The van der Waals surface area contributed by atoms with Gasteiger partial charge in [0, 0.05) is 26.1 Å². The highest BCUT2D eigenvalue weighted by Crippen LogP contribution is 2.06. The Kier molecular flexibility index (Phi) is 8.70. The fraction of sp³-hybridized carbons (Fsp3) is 0.692. The molecule has 0 aliphatic carbocycles. The van der Waals surface area contributed by atoms with Gasteiger partial charge in [-0.3, -0.25) is 4.79 Å². The maximum absolute atomic E-state index is 11.8. The fourth-order valence-corrected chi connectivity index (χ4v) is 1.65. The highest BCUT2D eigenvalue weighted by molar-refractivity contribution is 5.74. The molecule has 2 N–H and O–H groups in total. The number of carboxylic acid groups (broad SMARTS) is 1. The van der Waals surface area contributed by atoms with Gasteiger partial charge in [-0.1, -0.05) is 26.3 Å². The standard InChI is InChI=1S/C13H24N2O3/c1-4-7-15(8-5-2)13(18)14-10-11(6-3)9-12(16)17/h4,11H,1,5-10H2,2-3H3,(H,14,18)(H,16,17). The Labute approximate surface area is 109 Å². The van der Waals surface area contributed by atoms with Crippen molar-refractivity contribution in [1.82, 2.24) is 10.2 Å². The molecule has 5 heteroatoms. The van der Waals surface area contributed by atoms with E-state index in [0.29, 0.717) is 19.6 Å². The lowest BCUT2D eigenvalue weighted by Gasteiger charge is -2.22. The molecule has 1 atom stereocenters. The maximum Gasteiger partial charge on any atom is 0.317 e. The molecule has 0 aromatic rings. The van der Waals surface area contributed by atoms with Crippen molar-refractivity contribution in [3.63, 3.8) is 0 Å². The van der Waals surface area contributed by atoms with Gasteiger partial charge in [-0.05, 0) is 12.3 Å². The van der Waals surface area contributed by atoms with Gasteiger partial charge in [0.15, 0.2) is 0 Å². The number of aliphatic carboxylic acids is 1. The summed E-state index contributed by atoms with van der Waals surface area (Å²) in [5.41, 5.74) is 0. The van der Waals surface area contributed by atoms with Crippen LogP contribution in [0.15, 0.2) is 12.7 Å². The van der Waals surface area contributed by atoms with Crippen LogP contribution in [0, 0.1) is 5.92 Å². The van der Waals surface area contributed by atoms with E-state index < -0.39 is 5.97 Å². The van der Waals surface area contributed by atoms with Gasteiger partial charge in [0.2, 0.25) is 0 Å². The van der Waals surface area contributed by atoms with Gasteiger partial charge in [-0.2, -0.15) is 0 Å². The largest absolute Gasteiger partial charge is 0.481 e. The second-order valence-corrected chi connectivity index (χ2v) is 4.29. The van der Waals surface area contributed by atoms with Gasteiger partial charge in [0.1, 0.15) is 0 Å². The first-order chi connectivity index (χ1) is 8.54. The molecule has 18 heavy (non-hydrogen) atoms. The highest BCUT2D eigenvalue weighted by atomic mass is 16.4. The Morgan fingerprint density at radius 1 is 1.44 bits per heavy atom. The van der Waals surface area contributed by atoms with Gasteiger partial charge in [-0.25, -0.2) is 4.79 Å². The Balaban J connectivity index is 4.18. The van der Waals surface area contributed by atoms with Gasteiger partial charge in [0.25, 0.3) is 0 Å². The molecule has 5 nitrogen and oxygen atoms in total. The second kappa shape index (κ2) is 9.50. The average Bonchev–Trinajstić information content (AvgIpc) is 2.33. The van der Waals surface area contributed by atoms with Gasteiger partial charge < -0.3 is 15.3 Å². The van der Waals surface area contributed by atoms with Crippen LogP contribution in [0.25, 0.3) is 0 Å². The van der Waals surface area contributed by atoms with Crippen molar-refractivity contribution < 1.29 is 14.7 Å². The number of carbonyl (C=O) groups excluding carboxylic acids is 1. The molecule has 0 aliphatic rings. The summed E-state index contributed by atoms with van der Waals surface area (Å²) in [6.45, 7) is 9.13. The third-order valence-corrected chi connectivity index (χ3v) is 2.71. The first-order valence-electron chi connectivity index (χ1n) is 6.40. The summed E-state index contributed by atoms with van der Waals surface area (Å²) in [6, 6.07) is -0.152. The Morgan fingerprint density at radius 2 is 2.11 bits per heavy atom. The van der Waals surface area contributed by atoms with Crippen molar-refractivity contribution in [3.8, 4) is 0 Å². The first kappa shape index (κ1) is 16.5. The molecule has 2 amide bonds. The van der Waals surface area contributed by atoms with E-state index in [1.54, 1.807) is 11.0 Å². The van der Waals surface area contributed by atoms with Crippen LogP contribution in [-0.4, -0.2) is 41.6 Å². The smallest absolute Gasteiger partial charge is 0.317 e. The molecule has 0 aromatic heterocycles. The maximum atomic E-state index is 11.8. The normalized spacial score (nSPS) is 11.7. The van der Waals surface area contributed by atoms with Crippen LogP contribution in [0.4, 0.5) is 4.79 Å². The van der Waals surface area contributed by atoms with Crippen molar-refractivity contribution in [2.75, 3.05) is 19.6 Å². The average molecular weight is 256 g/mol. The van der Waals surface area contributed by atoms with Crippen LogP contribution in [0.2, 0.25) is 0 Å². The van der Waals surface area contributed by atoms with E-state index in [-0.39, 0.29) is 18.4 Å². The van der Waals surface area contributed by atoms with Crippen LogP contribution in [0.3, 0.4) is 0 Å². The third-order valence-electron chi connectivity index (χ3n) is 2.71. The summed E-state index contributed by atoms with van der Waals surface area (Å²) >= 11 is 0. The molecule has 0 fully saturated rings. The minimum atomic E-state index is -0.826. The minimum absolute atomic E-state index is 0.0151. The topological polar surface area (TPSA) is 69.6 Å². The van der Waals surface area contributed by atoms with Crippen molar-refractivity contribution in [2.45, 2.75) is 33.1 Å². The number of nitrogens with zero attached hydrogens (tertiary/aromatic N) is 1. The Morgan fingerprint density at radius 3 is 2.56 bits per heavy atom. The zero-order chi connectivity index (χ0) is 14.0. The molecule has 1 unspecified atom stereocenters. The lowest BCUT2D eigenvalue weighted by molar-refractivity contribution is -0.138. The first-order valence-corrected chi connectivity index (χ1v) is 6.40. The molecule has 0 bridgehead atoms. The number of rotatable bonds is 9. The summed E-state index contributed by atoms with van der Waals surface area (Å²) < 4.78 is 0. The molecule has 0 spiro atoms. The minimum Gasteiger partial charge on any atom is -0.481 e. The van der Waals surface area contributed by atoms with Crippen LogP contribution in [0.1, 0.15) is 33.1 Å². The summed E-state index contributed by atoms with van der Waals surface area (Å²) in [6.07, 6.45) is 3.39. The quantitative estimate of drug-likeness (QED) is 0.621. The van der Waals surface area contributed by atoms with Crippen LogP contribution >= 0.6 is 0 Å². The monoisotopic (exact) mass is 256 g/mol. The number of hydrogen-bond acceptors (Lipinski definition) is 2. The summed E-state index contributed by atoms with van der Waals surface area (Å²) in [4.78, 5) is 24.1. The molecule has 0 rings (SSSR count). The number of hydrogen-bond donors (Lipinski definition) is 2. The van der Waals surface area contributed by atoms with Crippen molar-refractivity contribution in [1.29, 1.82) is 0 Å². The zero-order valence-corrected chi connectivity index (χ0v) is 11.3. The van der Waals surface area contributed by atoms with Crippen molar-refractivity contribution >= 4 is 12.0 Å². The third kappa shape index (κ3) is 6.93. The van der Waals surface area contributed by atoms with Crippen LogP contribution in [-0.2, 0) is 4.79 Å². The van der Waals surface area contributed by atoms with E-state index in [2.05, 4.69) is 11.9 Å². The molecule has 0 radical (unpaired) electrons. The zero-order valence-electron chi connectivity index (χ0n) is 11.3. The number of carboxylic acids is 1. The highest BCUT2D eigenvalue weighted by Gasteiger charge is 2.15. The lowest BCUT2D eigenvalue weighted by Crippen LogP contribution is -2.42. The van der Waals surface area contributed by atoms with Crippen molar-refractivity contribution in [2.24, 2.45) is 5.92 Å². The van der Waals surface area contributed by atoms with Gasteiger partial charge in [-0.15, -0.1) is 6.58 Å². The fourth-order valence-electron chi connectivity index (χ4n) is 1.65. The number of nitrogens with one attached hydrogen (secondary N) is 1. The van der Waals surface area contributed by atoms with E-state index in [1.807, 2.05) is 13.8 Å². The predicted molar refractivity (Wildman–Crippen MR) is 71.5 cm³/mol. The number of amides is 2. The lowest BCUT2D eigenvalue weighted by atomic mass is 10.0. The van der Waals surface area contributed by atoms with Crippen LogP contribution in [0.5, 0.6) is 0 Å². The Hall–Kier alpha value is -1.52. The predicted octanol–water partition coefficient (Wildman–Crippen LogP) is 2.09. The van der Waals surface area contributed by atoms with Gasteiger partial charge in [0.05, 0.1) is 0 Å². The molecule has 104 valence electrons. The number of carbonyl (C=O) groups is 2. The van der Waals surface area contributed by atoms with E-state index in [9.17, 15) is 9.59 Å². The van der Waals surface area contributed by atoms with E-state index in [0.717, 1.165) is 12.8 Å². The van der Waals surface area contributed by atoms with Crippen molar-refractivity contribution in [3.05, 3.63) is 12.7 Å². The second-order valence-electron chi connectivity index (χ2n) is 4.29. The molecule has 0 aliphatic heterocycles. The molecule has 0 saturated carbocycles. The van der Waals surface area contributed by atoms with Gasteiger partial charge >= 0.3 is 12.0 Å². The van der Waals surface area contributed by atoms with E-state index in [4.69, 9.17) is 5.11 Å². The Bertz CT molecular complexity index is 279. The van der Waals surface area contributed by atoms with Crippen LogP contribution < -0.4 is 5.32 Å². The summed E-state index contributed by atoms with van der Waals surface area (Å²) in [5, 5.41) is 11.5. The van der Waals surface area contributed by atoms with E-state index >= 15 is 0 Å². The summed E-state index contributed by atoms with van der Waals surface area (Å²) in [7, 11) is 0. The molecule has 0 aromatic carbocycles. The molecule has 0 heterocycles.